The number of hydrogen-bond donors (Lipinski definition) is 3. The Hall–Kier alpha value is -1.96. The summed E-state index contributed by atoms with van der Waals surface area (Å²) >= 11 is 0. The lowest BCUT2D eigenvalue weighted by Crippen LogP contribution is -2.43. The highest BCUT2D eigenvalue weighted by Crippen LogP contribution is 2.26. The van der Waals surface area contributed by atoms with E-state index in [0.717, 1.165) is 38.4 Å². The summed E-state index contributed by atoms with van der Waals surface area (Å²) in [5.41, 5.74) is 4.62. The van der Waals surface area contributed by atoms with Gasteiger partial charge in [0, 0.05) is 38.4 Å². The van der Waals surface area contributed by atoms with Crippen molar-refractivity contribution in [2.75, 3.05) is 31.5 Å². The Morgan fingerprint density at radius 2 is 2.04 bits per heavy atom. The van der Waals surface area contributed by atoms with Crippen molar-refractivity contribution in [3.8, 4) is 0 Å². The van der Waals surface area contributed by atoms with Crippen LogP contribution in [0.25, 0.3) is 0 Å². The fourth-order valence-electron chi connectivity index (χ4n) is 2.91. The van der Waals surface area contributed by atoms with Gasteiger partial charge in [0.2, 0.25) is 5.89 Å². The van der Waals surface area contributed by atoms with Gasteiger partial charge < -0.3 is 20.2 Å². The van der Waals surface area contributed by atoms with Gasteiger partial charge >= 0.3 is 6.01 Å². The minimum Gasteiger partial charge on any atom is -0.405 e. The van der Waals surface area contributed by atoms with Crippen molar-refractivity contribution in [1.29, 1.82) is 0 Å². The van der Waals surface area contributed by atoms with Crippen LogP contribution in [0.4, 0.5) is 11.7 Å². The van der Waals surface area contributed by atoms with Crippen LogP contribution in [-0.2, 0) is 6.54 Å². The Bertz CT molecular complexity index is 692. The molecule has 130 valence electrons. The molecule has 2 heterocycles. The maximum absolute atomic E-state index is 9.49. The number of benzene rings is 1. The van der Waals surface area contributed by atoms with E-state index < -0.39 is 6.10 Å². The lowest BCUT2D eigenvalue weighted by molar-refractivity contribution is 0.164. The number of nitrogens with zero attached hydrogens (tertiary/aromatic N) is 3. The van der Waals surface area contributed by atoms with E-state index in [1.54, 1.807) is 6.92 Å². The van der Waals surface area contributed by atoms with E-state index in [1.165, 1.54) is 16.7 Å². The molecule has 1 aromatic heterocycles. The molecule has 0 bridgehead atoms. The number of aliphatic hydroxyl groups is 1. The monoisotopic (exact) mass is 331 g/mol. The van der Waals surface area contributed by atoms with Gasteiger partial charge in [-0.05, 0) is 43.5 Å². The molecule has 1 unspecified atom stereocenters. The third-order valence-electron chi connectivity index (χ3n) is 4.30. The minimum atomic E-state index is -0.769. The second-order valence-electron chi connectivity index (χ2n) is 6.37. The zero-order valence-electron chi connectivity index (χ0n) is 14.5. The van der Waals surface area contributed by atoms with Crippen LogP contribution in [0.2, 0.25) is 0 Å². The van der Waals surface area contributed by atoms with Gasteiger partial charge in [0.1, 0.15) is 6.10 Å². The van der Waals surface area contributed by atoms with Crippen LogP contribution in [0, 0.1) is 13.8 Å². The third kappa shape index (κ3) is 3.92. The van der Waals surface area contributed by atoms with Crippen molar-refractivity contribution in [1.82, 2.24) is 20.4 Å². The average molecular weight is 331 g/mol. The molecule has 24 heavy (non-hydrogen) atoms. The van der Waals surface area contributed by atoms with Crippen LogP contribution in [0.15, 0.2) is 16.5 Å². The van der Waals surface area contributed by atoms with Gasteiger partial charge in [-0.2, -0.15) is 0 Å². The van der Waals surface area contributed by atoms with Crippen LogP contribution in [0.5, 0.6) is 0 Å². The summed E-state index contributed by atoms with van der Waals surface area (Å²) in [5, 5.41) is 23.8. The average Bonchev–Trinajstić information content (AvgIpc) is 3.02. The molecule has 0 aliphatic carbocycles. The smallest absolute Gasteiger partial charge is 0.320 e. The fourth-order valence-corrected chi connectivity index (χ4v) is 2.91. The summed E-state index contributed by atoms with van der Waals surface area (Å²) in [7, 11) is 0. The molecule has 0 spiro atoms. The van der Waals surface area contributed by atoms with Crippen LogP contribution in [-0.4, -0.2) is 46.4 Å². The molecular formula is C17H25N5O2. The molecule has 1 aliphatic rings. The van der Waals surface area contributed by atoms with Crippen LogP contribution < -0.4 is 10.6 Å². The second-order valence-corrected chi connectivity index (χ2v) is 6.37. The first-order valence-corrected chi connectivity index (χ1v) is 8.34. The van der Waals surface area contributed by atoms with Crippen molar-refractivity contribution in [3.63, 3.8) is 0 Å². The Kier molecular flexibility index (Phi) is 5.13. The summed E-state index contributed by atoms with van der Waals surface area (Å²) in [6.07, 6.45) is -0.769. The predicted octanol–water partition coefficient (Wildman–Crippen LogP) is 1.89. The van der Waals surface area contributed by atoms with Crippen molar-refractivity contribution in [3.05, 3.63) is 34.7 Å². The van der Waals surface area contributed by atoms with E-state index >= 15 is 0 Å². The highest BCUT2D eigenvalue weighted by molar-refractivity contribution is 5.61. The first-order valence-electron chi connectivity index (χ1n) is 8.34. The van der Waals surface area contributed by atoms with Crippen molar-refractivity contribution >= 4 is 11.7 Å². The van der Waals surface area contributed by atoms with Gasteiger partial charge in [0.05, 0.1) is 0 Å². The lowest BCUT2D eigenvalue weighted by atomic mass is 10.0. The second kappa shape index (κ2) is 7.29. The van der Waals surface area contributed by atoms with E-state index in [4.69, 9.17) is 4.42 Å². The molecule has 1 atom stereocenters. The number of aliphatic hydroxyl groups excluding tert-OH is 1. The molecule has 7 heteroatoms. The Balaban J connectivity index is 1.79. The number of anilines is 2. The van der Waals surface area contributed by atoms with E-state index in [-0.39, 0.29) is 5.89 Å². The van der Waals surface area contributed by atoms with Crippen LogP contribution in [0.1, 0.15) is 35.6 Å². The Morgan fingerprint density at radius 3 is 2.71 bits per heavy atom. The summed E-state index contributed by atoms with van der Waals surface area (Å²) < 4.78 is 5.43. The summed E-state index contributed by atoms with van der Waals surface area (Å²) in [6, 6.07) is 4.60. The molecular weight excluding hydrogens is 306 g/mol. The first-order chi connectivity index (χ1) is 11.5. The maximum atomic E-state index is 9.49. The minimum absolute atomic E-state index is 0.212. The van der Waals surface area contributed by atoms with Gasteiger partial charge in [0.15, 0.2) is 0 Å². The summed E-state index contributed by atoms with van der Waals surface area (Å²) in [6.45, 7) is 10.9. The molecule has 0 amide bonds. The first kappa shape index (κ1) is 16.9. The SMILES string of the molecule is Cc1cc(CN2CCNCC2)c(C)c(Nc2nnc(C(C)O)o2)c1. The van der Waals surface area contributed by atoms with Crippen molar-refractivity contribution in [2.45, 2.75) is 33.4 Å². The van der Waals surface area contributed by atoms with Crippen LogP contribution in [0.3, 0.4) is 0 Å². The normalized spacial score (nSPS) is 17.0. The molecule has 2 aromatic rings. The highest BCUT2D eigenvalue weighted by atomic mass is 16.4. The van der Waals surface area contributed by atoms with Crippen LogP contribution >= 0.6 is 0 Å². The number of nitrogens with one attached hydrogen (secondary N) is 2. The molecule has 7 nitrogen and oxygen atoms in total. The summed E-state index contributed by atoms with van der Waals surface area (Å²) in [5.74, 6) is 0.212. The van der Waals surface area contributed by atoms with Gasteiger partial charge in [0.25, 0.3) is 0 Å². The number of rotatable bonds is 5. The number of piperazine rings is 1. The van der Waals surface area contributed by atoms with Gasteiger partial charge in [-0.25, -0.2) is 0 Å². The van der Waals surface area contributed by atoms with Gasteiger partial charge in [-0.3, -0.25) is 4.90 Å². The quantitative estimate of drug-likeness (QED) is 0.771. The van der Waals surface area contributed by atoms with E-state index in [1.807, 2.05) is 0 Å². The zero-order valence-corrected chi connectivity index (χ0v) is 14.5. The molecule has 1 fully saturated rings. The lowest BCUT2D eigenvalue weighted by Gasteiger charge is -2.28. The number of hydrogen-bond acceptors (Lipinski definition) is 7. The standard InChI is InChI=1S/C17H25N5O2/c1-11-8-14(10-22-6-4-18-5-7-22)12(2)15(9-11)19-17-21-20-16(24-17)13(3)23/h8-9,13,18,23H,4-7,10H2,1-3H3,(H,19,21). The van der Waals surface area contributed by atoms with E-state index in [0.29, 0.717) is 6.01 Å². The van der Waals surface area contributed by atoms with Crippen molar-refractivity contribution < 1.29 is 9.52 Å². The molecule has 0 radical (unpaired) electrons. The largest absolute Gasteiger partial charge is 0.405 e. The number of aryl methyl sites for hydroxylation is 1. The van der Waals surface area contributed by atoms with E-state index in [9.17, 15) is 5.11 Å². The topological polar surface area (TPSA) is 86.5 Å². The summed E-state index contributed by atoms with van der Waals surface area (Å²) in [4.78, 5) is 2.46. The number of aromatic nitrogens is 2. The van der Waals surface area contributed by atoms with Gasteiger partial charge in [-0.15, -0.1) is 5.10 Å². The molecule has 1 aliphatic heterocycles. The maximum Gasteiger partial charge on any atom is 0.320 e. The third-order valence-corrected chi connectivity index (χ3v) is 4.30. The predicted molar refractivity (Wildman–Crippen MR) is 92.3 cm³/mol. The molecule has 1 aromatic carbocycles. The Morgan fingerprint density at radius 1 is 1.29 bits per heavy atom. The molecule has 3 N–H and O–H groups in total. The molecule has 1 saturated heterocycles. The van der Waals surface area contributed by atoms with Gasteiger partial charge in [-0.1, -0.05) is 11.2 Å². The Labute approximate surface area is 142 Å². The zero-order chi connectivity index (χ0) is 17.1. The van der Waals surface area contributed by atoms with Crippen molar-refractivity contribution in [2.24, 2.45) is 0 Å². The highest BCUT2D eigenvalue weighted by Gasteiger charge is 2.15. The molecule has 0 saturated carbocycles. The molecule has 3 rings (SSSR count). The fraction of sp³-hybridized carbons (Fsp3) is 0.529. The van der Waals surface area contributed by atoms with E-state index in [2.05, 4.69) is 51.7 Å².